The van der Waals surface area contributed by atoms with E-state index in [1.54, 1.807) is 41.4 Å². The van der Waals surface area contributed by atoms with Crippen LogP contribution in [0.1, 0.15) is 17.3 Å². The first-order chi connectivity index (χ1) is 10.9. The maximum Gasteiger partial charge on any atom is 0.244 e. The molecule has 1 N–H and O–H groups in total. The zero-order chi connectivity index (χ0) is 16.6. The van der Waals surface area contributed by atoms with Crippen LogP contribution in [-0.2, 0) is 21.4 Å². The number of sulfonamides is 1. The van der Waals surface area contributed by atoms with Gasteiger partial charge in [0.2, 0.25) is 15.9 Å². The standard InChI is InChI=1S/C15H18N4O3S/c1-11-3-5-13(6-4-11)23(21,22)18-8-12-7-17-10-19(12)14(9-18)15(20)16-2/h3-7,10,14H,8-9H2,1-2H3,(H,16,20)/t14-/m0/s1. The predicted molar refractivity (Wildman–Crippen MR) is 84.1 cm³/mol. The van der Waals surface area contributed by atoms with Crippen LogP contribution in [0.15, 0.2) is 41.7 Å². The monoisotopic (exact) mass is 334 g/mol. The minimum Gasteiger partial charge on any atom is -0.357 e. The van der Waals surface area contributed by atoms with Gasteiger partial charge in [-0.2, -0.15) is 4.31 Å². The Bertz CT molecular complexity index is 827. The van der Waals surface area contributed by atoms with E-state index in [1.165, 1.54) is 11.4 Å². The second-order valence-electron chi connectivity index (χ2n) is 5.53. The number of aromatic nitrogens is 2. The Morgan fingerprint density at radius 1 is 1.30 bits per heavy atom. The van der Waals surface area contributed by atoms with E-state index in [0.29, 0.717) is 5.69 Å². The topological polar surface area (TPSA) is 84.3 Å². The molecule has 1 aliphatic heterocycles. The van der Waals surface area contributed by atoms with E-state index in [1.807, 2.05) is 6.92 Å². The molecule has 0 unspecified atom stereocenters. The van der Waals surface area contributed by atoms with Gasteiger partial charge >= 0.3 is 0 Å². The molecule has 2 aromatic rings. The maximum atomic E-state index is 12.9. The lowest BCUT2D eigenvalue weighted by Crippen LogP contribution is -2.45. The lowest BCUT2D eigenvalue weighted by atomic mass is 10.2. The lowest BCUT2D eigenvalue weighted by Gasteiger charge is -2.32. The van der Waals surface area contributed by atoms with Crippen molar-refractivity contribution in [3.05, 3.63) is 48.0 Å². The molecule has 7 nitrogen and oxygen atoms in total. The third-order valence-electron chi connectivity index (χ3n) is 4.00. The number of hydrogen-bond acceptors (Lipinski definition) is 4. The fourth-order valence-electron chi connectivity index (χ4n) is 2.68. The number of likely N-dealkylation sites (N-methyl/N-ethyl adjacent to an activating group) is 1. The van der Waals surface area contributed by atoms with Crippen molar-refractivity contribution in [2.24, 2.45) is 0 Å². The highest BCUT2D eigenvalue weighted by atomic mass is 32.2. The molecule has 3 rings (SSSR count). The normalized spacial score (nSPS) is 18.4. The Kier molecular flexibility index (Phi) is 3.95. The maximum absolute atomic E-state index is 12.9. The van der Waals surface area contributed by atoms with Crippen LogP contribution in [0.3, 0.4) is 0 Å². The Hall–Kier alpha value is -2.19. The molecule has 0 radical (unpaired) electrons. The van der Waals surface area contributed by atoms with Crippen LogP contribution in [0, 0.1) is 6.92 Å². The van der Waals surface area contributed by atoms with Gasteiger partial charge in [-0.3, -0.25) is 4.79 Å². The minimum atomic E-state index is -3.66. The Balaban J connectivity index is 1.98. The number of aryl methyl sites for hydroxylation is 1. The van der Waals surface area contributed by atoms with Crippen molar-refractivity contribution in [1.29, 1.82) is 0 Å². The molecule has 1 aliphatic rings. The van der Waals surface area contributed by atoms with E-state index < -0.39 is 16.1 Å². The molecule has 0 spiro atoms. The largest absolute Gasteiger partial charge is 0.357 e. The van der Waals surface area contributed by atoms with E-state index in [2.05, 4.69) is 10.3 Å². The van der Waals surface area contributed by atoms with Crippen LogP contribution < -0.4 is 5.32 Å². The summed E-state index contributed by atoms with van der Waals surface area (Å²) in [6, 6.07) is 6.08. The van der Waals surface area contributed by atoms with Gasteiger partial charge in [0.25, 0.3) is 0 Å². The number of rotatable bonds is 3. The molecule has 0 fully saturated rings. The Labute approximate surface area is 135 Å². The highest BCUT2D eigenvalue weighted by molar-refractivity contribution is 7.89. The molecule has 1 aromatic carbocycles. The average Bonchev–Trinajstić information content (AvgIpc) is 3.02. The molecule has 0 saturated carbocycles. The minimum absolute atomic E-state index is 0.0826. The number of nitrogens with one attached hydrogen (secondary N) is 1. The molecule has 1 atom stereocenters. The van der Waals surface area contributed by atoms with Crippen molar-refractivity contribution in [3.63, 3.8) is 0 Å². The Morgan fingerprint density at radius 3 is 2.65 bits per heavy atom. The van der Waals surface area contributed by atoms with Crippen molar-refractivity contribution in [2.45, 2.75) is 24.4 Å². The molecular formula is C15H18N4O3S. The van der Waals surface area contributed by atoms with E-state index in [4.69, 9.17) is 0 Å². The quantitative estimate of drug-likeness (QED) is 0.895. The van der Waals surface area contributed by atoms with Crippen molar-refractivity contribution in [3.8, 4) is 0 Å². The summed E-state index contributed by atoms with van der Waals surface area (Å²) in [6.07, 6.45) is 3.15. The highest BCUT2D eigenvalue weighted by Gasteiger charge is 2.36. The van der Waals surface area contributed by atoms with Gasteiger partial charge in [0, 0.05) is 19.8 Å². The first-order valence-corrected chi connectivity index (χ1v) is 8.66. The van der Waals surface area contributed by atoms with Gasteiger partial charge in [-0.15, -0.1) is 0 Å². The SMILES string of the molecule is CNC(=O)[C@@H]1CN(S(=O)(=O)c2ccc(C)cc2)Cc2cncn21. The predicted octanol–water partition coefficient (Wildman–Crippen LogP) is 0.683. The van der Waals surface area contributed by atoms with Gasteiger partial charge in [0.15, 0.2) is 0 Å². The number of nitrogens with zero attached hydrogens (tertiary/aromatic N) is 3. The highest BCUT2D eigenvalue weighted by Crippen LogP contribution is 2.26. The number of carbonyl (C=O) groups is 1. The number of carbonyl (C=O) groups excluding carboxylic acids is 1. The molecule has 0 saturated heterocycles. The zero-order valence-corrected chi connectivity index (χ0v) is 13.7. The molecule has 0 aliphatic carbocycles. The Morgan fingerprint density at radius 2 is 2.00 bits per heavy atom. The average molecular weight is 334 g/mol. The molecule has 2 heterocycles. The molecule has 0 bridgehead atoms. The van der Waals surface area contributed by atoms with Gasteiger partial charge in [-0.25, -0.2) is 13.4 Å². The fourth-order valence-corrected chi connectivity index (χ4v) is 4.10. The van der Waals surface area contributed by atoms with Gasteiger partial charge in [0.1, 0.15) is 6.04 Å². The van der Waals surface area contributed by atoms with Gasteiger partial charge in [-0.05, 0) is 19.1 Å². The van der Waals surface area contributed by atoms with Crippen molar-refractivity contribution >= 4 is 15.9 Å². The molecule has 122 valence electrons. The van der Waals surface area contributed by atoms with Crippen LogP contribution in [0.4, 0.5) is 0 Å². The molecule has 8 heteroatoms. The fraction of sp³-hybridized carbons (Fsp3) is 0.333. The van der Waals surface area contributed by atoms with Crippen molar-refractivity contribution in [2.75, 3.05) is 13.6 Å². The number of benzene rings is 1. The summed E-state index contributed by atoms with van der Waals surface area (Å²) < 4.78 is 28.8. The van der Waals surface area contributed by atoms with Crippen molar-refractivity contribution in [1.82, 2.24) is 19.2 Å². The zero-order valence-electron chi connectivity index (χ0n) is 12.9. The summed E-state index contributed by atoms with van der Waals surface area (Å²) in [5.74, 6) is -0.243. The van der Waals surface area contributed by atoms with E-state index in [0.717, 1.165) is 5.56 Å². The van der Waals surface area contributed by atoms with Gasteiger partial charge < -0.3 is 9.88 Å². The van der Waals surface area contributed by atoms with Gasteiger partial charge in [-0.1, -0.05) is 17.7 Å². The summed E-state index contributed by atoms with van der Waals surface area (Å²) in [6.45, 7) is 2.18. The number of hydrogen-bond donors (Lipinski definition) is 1. The summed E-state index contributed by atoms with van der Waals surface area (Å²) in [5.41, 5.74) is 1.68. The number of fused-ring (bicyclic) bond motifs is 1. The van der Waals surface area contributed by atoms with E-state index in [-0.39, 0.29) is 23.9 Å². The number of imidazole rings is 1. The van der Waals surface area contributed by atoms with Crippen molar-refractivity contribution < 1.29 is 13.2 Å². The third-order valence-corrected chi connectivity index (χ3v) is 5.83. The van der Waals surface area contributed by atoms with Crippen LogP contribution in [0.25, 0.3) is 0 Å². The smallest absolute Gasteiger partial charge is 0.244 e. The van der Waals surface area contributed by atoms with Gasteiger partial charge in [0.05, 0.1) is 23.5 Å². The summed E-state index contributed by atoms with van der Waals surface area (Å²) in [7, 11) is -2.13. The van der Waals surface area contributed by atoms with E-state index >= 15 is 0 Å². The lowest BCUT2D eigenvalue weighted by molar-refractivity contribution is -0.124. The molecule has 23 heavy (non-hydrogen) atoms. The molecule has 1 amide bonds. The molecule has 1 aromatic heterocycles. The van der Waals surface area contributed by atoms with Crippen LogP contribution >= 0.6 is 0 Å². The first-order valence-electron chi connectivity index (χ1n) is 7.22. The second-order valence-corrected chi connectivity index (χ2v) is 7.47. The second kappa shape index (κ2) is 5.78. The van der Waals surface area contributed by atoms with Crippen LogP contribution in [0.2, 0.25) is 0 Å². The molecular weight excluding hydrogens is 316 g/mol. The summed E-state index contributed by atoms with van der Waals surface area (Å²) >= 11 is 0. The summed E-state index contributed by atoms with van der Waals surface area (Å²) in [5, 5.41) is 2.58. The van der Waals surface area contributed by atoms with Crippen LogP contribution in [0.5, 0.6) is 0 Å². The van der Waals surface area contributed by atoms with Crippen LogP contribution in [-0.4, -0.2) is 41.8 Å². The number of amides is 1. The first kappa shape index (κ1) is 15.7. The summed E-state index contributed by atoms with van der Waals surface area (Å²) in [4.78, 5) is 16.4. The third kappa shape index (κ3) is 2.75. The van der Waals surface area contributed by atoms with E-state index in [9.17, 15) is 13.2 Å².